The fourth-order valence-corrected chi connectivity index (χ4v) is 1.68. The molecule has 0 aliphatic carbocycles. The van der Waals surface area contributed by atoms with Crippen LogP contribution in [0.25, 0.3) is 0 Å². The minimum absolute atomic E-state index is 0.0228. The molecule has 0 saturated heterocycles. The van der Waals surface area contributed by atoms with Crippen molar-refractivity contribution in [3.63, 3.8) is 0 Å². The first-order valence-electron chi connectivity index (χ1n) is 5.97. The van der Waals surface area contributed by atoms with Crippen LogP contribution >= 0.6 is 0 Å². The molecule has 0 spiro atoms. The number of ether oxygens (including phenoxy) is 1. The quantitative estimate of drug-likeness (QED) is 0.842. The Morgan fingerprint density at radius 1 is 1.35 bits per heavy atom. The third-order valence-electron chi connectivity index (χ3n) is 2.71. The monoisotopic (exact) mass is 237 g/mol. The summed E-state index contributed by atoms with van der Waals surface area (Å²) in [5, 5.41) is 9.45. The molecule has 17 heavy (non-hydrogen) atoms. The summed E-state index contributed by atoms with van der Waals surface area (Å²) >= 11 is 0. The molecule has 0 aromatic heterocycles. The highest BCUT2D eigenvalue weighted by Gasteiger charge is 2.20. The van der Waals surface area contributed by atoms with Crippen LogP contribution in [0.15, 0.2) is 18.2 Å². The maximum Gasteiger partial charge on any atom is 0.126 e. The predicted octanol–water partition coefficient (Wildman–Crippen LogP) is 1.99. The van der Waals surface area contributed by atoms with Crippen LogP contribution in [-0.2, 0) is 5.41 Å². The molecule has 96 valence electrons. The number of aliphatic hydroxyl groups excluding tert-OH is 1. The molecule has 0 aliphatic rings. The van der Waals surface area contributed by atoms with E-state index in [0.717, 1.165) is 16.9 Å². The highest BCUT2D eigenvalue weighted by atomic mass is 16.5. The summed E-state index contributed by atoms with van der Waals surface area (Å²) in [5.74, 6) is 0.868. The maximum atomic E-state index is 9.45. The Kier molecular flexibility index (Phi) is 4.54. The van der Waals surface area contributed by atoms with Crippen LogP contribution in [0, 0.1) is 6.92 Å². The van der Waals surface area contributed by atoms with Crippen LogP contribution in [0.4, 0.5) is 0 Å². The van der Waals surface area contributed by atoms with Crippen molar-refractivity contribution in [3.05, 3.63) is 29.3 Å². The molecule has 3 N–H and O–H groups in total. The summed E-state index contributed by atoms with van der Waals surface area (Å²) in [4.78, 5) is 0. The average Bonchev–Trinajstić information content (AvgIpc) is 2.25. The SMILES string of the molecule is Cc1cccc(C(C)(C)C)c1OCC(O)CN. The van der Waals surface area contributed by atoms with E-state index in [1.54, 1.807) is 0 Å². The third kappa shape index (κ3) is 3.72. The van der Waals surface area contributed by atoms with E-state index in [4.69, 9.17) is 10.5 Å². The minimum Gasteiger partial charge on any atom is -0.490 e. The van der Waals surface area contributed by atoms with Crippen molar-refractivity contribution in [2.75, 3.05) is 13.2 Å². The highest BCUT2D eigenvalue weighted by molar-refractivity contribution is 5.44. The number of nitrogens with two attached hydrogens (primary N) is 1. The predicted molar refractivity (Wildman–Crippen MR) is 70.4 cm³/mol. The average molecular weight is 237 g/mol. The van der Waals surface area contributed by atoms with Gasteiger partial charge in [-0.25, -0.2) is 0 Å². The van der Waals surface area contributed by atoms with Gasteiger partial charge in [-0.2, -0.15) is 0 Å². The van der Waals surface area contributed by atoms with Crippen LogP contribution in [0.3, 0.4) is 0 Å². The molecule has 3 heteroatoms. The van der Waals surface area contributed by atoms with Crippen molar-refractivity contribution < 1.29 is 9.84 Å². The van der Waals surface area contributed by atoms with Gasteiger partial charge in [-0.3, -0.25) is 0 Å². The van der Waals surface area contributed by atoms with Crippen molar-refractivity contribution in [2.45, 2.75) is 39.2 Å². The van der Waals surface area contributed by atoms with Gasteiger partial charge in [0.05, 0.1) is 0 Å². The Bertz CT molecular complexity index is 369. The smallest absolute Gasteiger partial charge is 0.126 e. The number of hydrogen-bond donors (Lipinski definition) is 2. The van der Waals surface area contributed by atoms with E-state index in [2.05, 4.69) is 26.8 Å². The summed E-state index contributed by atoms with van der Waals surface area (Å²) < 4.78 is 5.72. The second kappa shape index (κ2) is 5.52. The van der Waals surface area contributed by atoms with Crippen molar-refractivity contribution in [3.8, 4) is 5.75 Å². The molecule has 0 aliphatic heterocycles. The second-order valence-electron chi connectivity index (χ2n) is 5.40. The first kappa shape index (κ1) is 14.0. The van der Waals surface area contributed by atoms with Crippen molar-refractivity contribution in [1.82, 2.24) is 0 Å². The lowest BCUT2D eigenvalue weighted by molar-refractivity contribution is 0.112. The highest BCUT2D eigenvalue weighted by Crippen LogP contribution is 2.33. The van der Waals surface area contributed by atoms with Gasteiger partial charge in [-0.1, -0.05) is 39.0 Å². The molecule has 1 rings (SSSR count). The number of para-hydroxylation sites is 1. The first-order valence-corrected chi connectivity index (χ1v) is 5.97. The van der Waals surface area contributed by atoms with E-state index in [9.17, 15) is 5.11 Å². The summed E-state index contributed by atoms with van der Waals surface area (Å²) in [6, 6.07) is 6.11. The minimum atomic E-state index is -0.609. The van der Waals surface area contributed by atoms with Gasteiger partial charge in [0.25, 0.3) is 0 Å². The van der Waals surface area contributed by atoms with Crippen LogP contribution in [0.2, 0.25) is 0 Å². The lowest BCUT2D eigenvalue weighted by Gasteiger charge is -2.24. The fourth-order valence-electron chi connectivity index (χ4n) is 1.68. The topological polar surface area (TPSA) is 55.5 Å². The van der Waals surface area contributed by atoms with Gasteiger partial charge in [0.15, 0.2) is 0 Å². The molecular formula is C14H23NO2. The van der Waals surface area contributed by atoms with Crippen molar-refractivity contribution in [2.24, 2.45) is 5.73 Å². The van der Waals surface area contributed by atoms with Gasteiger partial charge >= 0.3 is 0 Å². The van der Waals surface area contributed by atoms with Crippen LogP contribution in [0.1, 0.15) is 31.9 Å². The van der Waals surface area contributed by atoms with E-state index < -0.39 is 6.10 Å². The Morgan fingerprint density at radius 2 is 2.00 bits per heavy atom. The van der Waals surface area contributed by atoms with Crippen LogP contribution < -0.4 is 10.5 Å². The third-order valence-corrected chi connectivity index (χ3v) is 2.71. The molecule has 1 aromatic carbocycles. The molecule has 0 saturated carbocycles. The van der Waals surface area contributed by atoms with Crippen molar-refractivity contribution >= 4 is 0 Å². The summed E-state index contributed by atoms with van der Waals surface area (Å²) in [7, 11) is 0. The fraction of sp³-hybridized carbons (Fsp3) is 0.571. The summed E-state index contributed by atoms with van der Waals surface area (Å²) in [6.45, 7) is 8.91. The lowest BCUT2D eigenvalue weighted by atomic mass is 9.85. The maximum absolute atomic E-state index is 9.45. The van der Waals surface area contributed by atoms with Crippen LogP contribution in [-0.4, -0.2) is 24.4 Å². The molecule has 1 atom stereocenters. The number of aliphatic hydroxyl groups is 1. The zero-order valence-corrected chi connectivity index (χ0v) is 11.2. The lowest BCUT2D eigenvalue weighted by Crippen LogP contribution is -2.27. The molecule has 3 nitrogen and oxygen atoms in total. The number of rotatable bonds is 4. The number of hydrogen-bond acceptors (Lipinski definition) is 3. The van der Waals surface area contributed by atoms with Gasteiger partial charge in [0, 0.05) is 6.54 Å². The zero-order chi connectivity index (χ0) is 13.1. The van der Waals surface area contributed by atoms with Gasteiger partial charge < -0.3 is 15.6 Å². The molecule has 1 unspecified atom stereocenters. The molecular weight excluding hydrogens is 214 g/mol. The Labute approximate surface area is 104 Å². The molecule has 0 bridgehead atoms. The molecule has 0 radical (unpaired) electrons. The molecule has 0 amide bonds. The molecule has 0 fully saturated rings. The van der Waals surface area contributed by atoms with Gasteiger partial charge in [0.1, 0.15) is 18.5 Å². The Morgan fingerprint density at radius 3 is 2.53 bits per heavy atom. The molecule has 1 aromatic rings. The van der Waals surface area contributed by atoms with E-state index in [-0.39, 0.29) is 18.6 Å². The Hall–Kier alpha value is -1.06. The van der Waals surface area contributed by atoms with E-state index in [1.165, 1.54) is 0 Å². The standard InChI is InChI=1S/C14H23NO2/c1-10-6-5-7-12(14(2,3)4)13(10)17-9-11(16)8-15/h5-7,11,16H,8-9,15H2,1-4H3. The zero-order valence-electron chi connectivity index (χ0n) is 11.2. The van der Waals surface area contributed by atoms with Gasteiger partial charge in [-0.05, 0) is 23.5 Å². The second-order valence-corrected chi connectivity index (χ2v) is 5.40. The van der Waals surface area contributed by atoms with E-state index >= 15 is 0 Å². The molecule has 0 heterocycles. The van der Waals surface area contributed by atoms with Crippen LogP contribution in [0.5, 0.6) is 5.75 Å². The van der Waals surface area contributed by atoms with Gasteiger partial charge in [0.2, 0.25) is 0 Å². The largest absolute Gasteiger partial charge is 0.490 e. The normalized spacial score (nSPS) is 13.5. The van der Waals surface area contributed by atoms with Crippen molar-refractivity contribution in [1.29, 1.82) is 0 Å². The summed E-state index contributed by atoms with van der Waals surface area (Å²) in [6.07, 6.45) is -0.609. The first-order chi connectivity index (χ1) is 7.86. The number of aryl methyl sites for hydroxylation is 1. The van der Waals surface area contributed by atoms with E-state index in [0.29, 0.717) is 0 Å². The van der Waals surface area contributed by atoms with Gasteiger partial charge in [-0.15, -0.1) is 0 Å². The Balaban J connectivity index is 2.96. The summed E-state index contributed by atoms with van der Waals surface area (Å²) in [5.41, 5.74) is 7.63. The van der Waals surface area contributed by atoms with E-state index in [1.807, 2.05) is 19.1 Å². The number of benzene rings is 1.